The fourth-order valence-corrected chi connectivity index (χ4v) is 2.07. The van der Waals surface area contributed by atoms with Crippen molar-refractivity contribution in [1.82, 2.24) is 10.3 Å². The van der Waals surface area contributed by atoms with Crippen LogP contribution in [0.15, 0.2) is 24.3 Å². The third-order valence-electron chi connectivity index (χ3n) is 2.96. The van der Waals surface area contributed by atoms with Crippen LogP contribution in [-0.2, 0) is 6.54 Å². The summed E-state index contributed by atoms with van der Waals surface area (Å²) in [6.07, 6.45) is 0. The van der Waals surface area contributed by atoms with Crippen molar-refractivity contribution >= 4 is 10.9 Å². The van der Waals surface area contributed by atoms with Crippen LogP contribution in [-0.4, -0.2) is 11.0 Å². The Balaban J connectivity index is 2.50. The molecule has 0 amide bonds. The quantitative estimate of drug-likeness (QED) is 0.871. The van der Waals surface area contributed by atoms with Gasteiger partial charge in [0.25, 0.3) is 0 Å². The van der Waals surface area contributed by atoms with Gasteiger partial charge in [-0.2, -0.15) is 0 Å². The summed E-state index contributed by atoms with van der Waals surface area (Å²) in [6, 6.07) is 9.06. The third-order valence-corrected chi connectivity index (χ3v) is 2.96. The van der Waals surface area contributed by atoms with Gasteiger partial charge in [-0.25, -0.2) is 0 Å². The summed E-state index contributed by atoms with van der Waals surface area (Å²) >= 11 is 0. The van der Waals surface area contributed by atoms with Gasteiger partial charge in [0, 0.05) is 23.7 Å². The molecule has 2 heteroatoms. The zero-order valence-electron chi connectivity index (χ0n) is 11.0. The molecule has 0 saturated carbocycles. The first-order valence-corrected chi connectivity index (χ1v) is 6.17. The van der Waals surface area contributed by atoms with Crippen LogP contribution in [0.2, 0.25) is 0 Å². The van der Waals surface area contributed by atoms with E-state index in [1.54, 1.807) is 0 Å². The molecule has 17 heavy (non-hydrogen) atoms. The molecule has 0 radical (unpaired) electrons. The second-order valence-electron chi connectivity index (χ2n) is 4.93. The zero-order valence-corrected chi connectivity index (χ0v) is 11.0. The van der Waals surface area contributed by atoms with Gasteiger partial charge in [-0.05, 0) is 31.0 Å². The summed E-state index contributed by atoms with van der Waals surface area (Å²) in [5.74, 6) is 0. The van der Waals surface area contributed by atoms with E-state index in [0.717, 1.165) is 17.8 Å². The van der Waals surface area contributed by atoms with Crippen LogP contribution in [0, 0.1) is 13.8 Å². The number of hydrogen-bond donors (Lipinski definition) is 1. The summed E-state index contributed by atoms with van der Waals surface area (Å²) in [5, 5.41) is 4.74. The Morgan fingerprint density at radius 2 is 2.00 bits per heavy atom. The highest BCUT2D eigenvalue weighted by Crippen LogP contribution is 2.21. The van der Waals surface area contributed by atoms with Crippen molar-refractivity contribution in [1.29, 1.82) is 0 Å². The van der Waals surface area contributed by atoms with E-state index in [0.29, 0.717) is 6.04 Å². The molecule has 1 aromatic carbocycles. The third kappa shape index (κ3) is 2.64. The first-order valence-electron chi connectivity index (χ1n) is 6.17. The zero-order chi connectivity index (χ0) is 12.4. The molecule has 0 bridgehead atoms. The molecule has 2 rings (SSSR count). The molecule has 0 fully saturated rings. The number of aryl methyl sites for hydroxylation is 2. The molecule has 0 aliphatic carbocycles. The molecular formula is C15H20N2. The molecule has 0 aliphatic rings. The molecule has 1 aromatic heterocycles. The van der Waals surface area contributed by atoms with Crippen molar-refractivity contribution in [2.45, 2.75) is 40.3 Å². The molecule has 1 N–H and O–H groups in total. The Hall–Kier alpha value is -1.41. The van der Waals surface area contributed by atoms with Gasteiger partial charge in [-0.1, -0.05) is 32.0 Å². The standard InChI is InChI=1S/C15H20N2/c1-10(2)16-9-13-8-12(4)17-15-11(3)6-5-7-14(13)15/h5-8,10,16H,9H2,1-4H3. The summed E-state index contributed by atoms with van der Waals surface area (Å²) in [4.78, 5) is 4.64. The van der Waals surface area contributed by atoms with Crippen LogP contribution in [0.5, 0.6) is 0 Å². The topological polar surface area (TPSA) is 24.9 Å². The van der Waals surface area contributed by atoms with E-state index >= 15 is 0 Å². The average molecular weight is 228 g/mol. The van der Waals surface area contributed by atoms with Crippen LogP contribution < -0.4 is 5.32 Å². The van der Waals surface area contributed by atoms with Crippen molar-refractivity contribution in [3.63, 3.8) is 0 Å². The van der Waals surface area contributed by atoms with Crippen molar-refractivity contribution < 1.29 is 0 Å². The Labute approximate surface area is 103 Å². The number of aromatic nitrogens is 1. The second kappa shape index (κ2) is 4.84. The number of nitrogens with one attached hydrogen (secondary N) is 1. The molecule has 0 aliphatic heterocycles. The number of fused-ring (bicyclic) bond motifs is 1. The van der Waals surface area contributed by atoms with Crippen LogP contribution in [0.25, 0.3) is 10.9 Å². The van der Waals surface area contributed by atoms with Crippen molar-refractivity contribution in [2.75, 3.05) is 0 Å². The lowest BCUT2D eigenvalue weighted by molar-refractivity contribution is 0.590. The number of pyridine rings is 1. The van der Waals surface area contributed by atoms with Gasteiger partial charge >= 0.3 is 0 Å². The van der Waals surface area contributed by atoms with Gasteiger partial charge in [-0.3, -0.25) is 4.98 Å². The van der Waals surface area contributed by atoms with Gasteiger partial charge in [0.2, 0.25) is 0 Å². The predicted molar refractivity (Wildman–Crippen MR) is 73.2 cm³/mol. The Morgan fingerprint density at radius 3 is 2.71 bits per heavy atom. The Bertz CT molecular complexity index is 530. The largest absolute Gasteiger partial charge is 0.310 e. The van der Waals surface area contributed by atoms with E-state index in [4.69, 9.17) is 0 Å². The highest BCUT2D eigenvalue weighted by Gasteiger charge is 2.06. The van der Waals surface area contributed by atoms with E-state index in [1.807, 2.05) is 0 Å². The molecule has 90 valence electrons. The maximum Gasteiger partial charge on any atom is 0.0737 e. The number of benzene rings is 1. The fraction of sp³-hybridized carbons (Fsp3) is 0.400. The van der Waals surface area contributed by atoms with Crippen LogP contribution in [0.1, 0.15) is 30.7 Å². The lowest BCUT2D eigenvalue weighted by Crippen LogP contribution is -2.22. The molecule has 0 spiro atoms. The van der Waals surface area contributed by atoms with E-state index in [-0.39, 0.29) is 0 Å². The Kier molecular flexibility index (Phi) is 3.43. The van der Waals surface area contributed by atoms with Crippen molar-refractivity contribution in [3.8, 4) is 0 Å². The van der Waals surface area contributed by atoms with Crippen LogP contribution in [0.3, 0.4) is 0 Å². The minimum absolute atomic E-state index is 0.503. The fourth-order valence-electron chi connectivity index (χ4n) is 2.07. The predicted octanol–water partition coefficient (Wildman–Crippen LogP) is 3.35. The van der Waals surface area contributed by atoms with Crippen LogP contribution >= 0.6 is 0 Å². The van der Waals surface area contributed by atoms with Crippen molar-refractivity contribution in [2.24, 2.45) is 0 Å². The monoisotopic (exact) mass is 228 g/mol. The van der Waals surface area contributed by atoms with Gasteiger partial charge in [0.05, 0.1) is 5.52 Å². The number of para-hydroxylation sites is 1. The highest BCUT2D eigenvalue weighted by molar-refractivity contribution is 5.85. The Morgan fingerprint density at radius 1 is 1.24 bits per heavy atom. The highest BCUT2D eigenvalue weighted by atomic mass is 14.9. The average Bonchev–Trinajstić information content (AvgIpc) is 2.27. The first kappa shape index (κ1) is 12.1. The molecule has 1 heterocycles. The van der Waals surface area contributed by atoms with E-state index in [9.17, 15) is 0 Å². The van der Waals surface area contributed by atoms with Gasteiger partial charge in [-0.15, -0.1) is 0 Å². The molecule has 0 atom stereocenters. The summed E-state index contributed by atoms with van der Waals surface area (Å²) < 4.78 is 0. The first-order chi connectivity index (χ1) is 8.08. The minimum Gasteiger partial charge on any atom is -0.310 e. The maximum absolute atomic E-state index is 4.64. The van der Waals surface area contributed by atoms with Crippen LogP contribution in [0.4, 0.5) is 0 Å². The number of rotatable bonds is 3. The summed E-state index contributed by atoms with van der Waals surface area (Å²) in [5.41, 5.74) is 4.81. The van der Waals surface area contributed by atoms with Gasteiger partial charge in [0.1, 0.15) is 0 Å². The molecule has 0 unspecified atom stereocenters. The van der Waals surface area contributed by atoms with Crippen molar-refractivity contribution in [3.05, 3.63) is 41.1 Å². The van der Waals surface area contributed by atoms with E-state index in [1.165, 1.54) is 16.5 Å². The minimum atomic E-state index is 0.503. The van der Waals surface area contributed by atoms with Gasteiger partial charge < -0.3 is 5.32 Å². The number of hydrogen-bond acceptors (Lipinski definition) is 2. The molecular weight excluding hydrogens is 208 g/mol. The van der Waals surface area contributed by atoms with E-state index in [2.05, 4.69) is 62.3 Å². The normalized spacial score (nSPS) is 11.4. The number of nitrogens with zero attached hydrogens (tertiary/aromatic N) is 1. The molecule has 2 nitrogen and oxygen atoms in total. The van der Waals surface area contributed by atoms with Gasteiger partial charge in [0.15, 0.2) is 0 Å². The lowest BCUT2D eigenvalue weighted by Gasteiger charge is -2.12. The molecule has 2 aromatic rings. The summed E-state index contributed by atoms with van der Waals surface area (Å²) in [6.45, 7) is 9.42. The molecule has 0 saturated heterocycles. The maximum atomic E-state index is 4.64. The second-order valence-corrected chi connectivity index (χ2v) is 4.93. The summed E-state index contributed by atoms with van der Waals surface area (Å²) in [7, 11) is 0. The lowest BCUT2D eigenvalue weighted by atomic mass is 10.0. The SMILES string of the molecule is Cc1cc(CNC(C)C)c2cccc(C)c2n1. The smallest absolute Gasteiger partial charge is 0.0737 e. The van der Waals surface area contributed by atoms with E-state index < -0.39 is 0 Å².